The number of nitrogens with two attached hydrogens (primary N) is 1. The van der Waals surface area contributed by atoms with E-state index < -0.39 is 0 Å². The summed E-state index contributed by atoms with van der Waals surface area (Å²) < 4.78 is 5.59. The van der Waals surface area contributed by atoms with E-state index in [1.807, 2.05) is 42.5 Å². The van der Waals surface area contributed by atoms with Gasteiger partial charge in [-0.2, -0.15) is 0 Å². The minimum atomic E-state index is 0.00253. The summed E-state index contributed by atoms with van der Waals surface area (Å²) in [5.74, 6) is 1.04. The van der Waals surface area contributed by atoms with Gasteiger partial charge in [0.05, 0.1) is 12.3 Å². The highest BCUT2D eigenvalue weighted by molar-refractivity contribution is 5.91. The number of anilines is 2. The Bertz CT molecular complexity index is 653. The predicted octanol–water partition coefficient (Wildman–Crippen LogP) is 4.19. The minimum absolute atomic E-state index is 0.00253. The van der Waals surface area contributed by atoms with Crippen LogP contribution in [0.15, 0.2) is 48.5 Å². The predicted molar refractivity (Wildman–Crippen MR) is 94.7 cm³/mol. The lowest BCUT2D eigenvalue weighted by Crippen LogP contribution is -2.14. The molecule has 23 heavy (non-hydrogen) atoms. The van der Waals surface area contributed by atoms with Gasteiger partial charge in [0.1, 0.15) is 5.75 Å². The molecule has 4 nitrogen and oxygen atoms in total. The highest BCUT2D eigenvalue weighted by Crippen LogP contribution is 2.24. The van der Waals surface area contributed by atoms with Gasteiger partial charge in [-0.1, -0.05) is 44.2 Å². The minimum Gasteiger partial charge on any atom is -0.491 e. The van der Waals surface area contributed by atoms with Gasteiger partial charge in [-0.25, -0.2) is 0 Å². The molecule has 0 radical (unpaired) electrons. The van der Waals surface area contributed by atoms with Crippen molar-refractivity contribution in [1.29, 1.82) is 0 Å². The monoisotopic (exact) mass is 312 g/mol. The second kappa shape index (κ2) is 8.22. The summed E-state index contributed by atoms with van der Waals surface area (Å²) in [6, 6.07) is 15.3. The van der Waals surface area contributed by atoms with Gasteiger partial charge in [0.2, 0.25) is 5.91 Å². The molecule has 0 saturated heterocycles. The Kier molecular flexibility index (Phi) is 6.03. The lowest BCUT2D eigenvalue weighted by Gasteiger charge is -2.13. The average molecular weight is 312 g/mol. The van der Waals surface area contributed by atoms with Gasteiger partial charge in [0.25, 0.3) is 0 Å². The molecule has 2 rings (SSSR count). The lowest BCUT2D eigenvalue weighted by atomic mass is 10.0. The van der Waals surface area contributed by atoms with E-state index in [2.05, 4.69) is 19.2 Å². The van der Waals surface area contributed by atoms with Crippen LogP contribution in [0.25, 0.3) is 0 Å². The molecule has 0 heterocycles. The van der Waals surface area contributed by atoms with Crippen molar-refractivity contribution < 1.29 is 9.53 Å². The van der Waals surface area contributed by atoms with Crippen molar-refractivity contribution >= 4 is 17.3 Å². The van der Waals surface area contributed by atoms with Crippen molar-refractivity contribution in [2.45, 2.75) is 32.6 Å². The van der Waals surface area contributed by atoms with Gasteiger partial charge in [-0.3, -0.25) is 4.79 Å². The molecule has 2 aromatic carbocycles. The smallest absolute Gasteiger partial charge is 0.224 e. The molecule has 0 aliphatic heterocycles. The third-order valence-electron chi connectivity index (χ3n) is 3.58. The van der Waals surface area contributed by atoms with Crippen LogP contribution in [-0.4, -0.2) is 12.5 Å². The second-order valence-corrected chi connectivity index (χ2v) is 5.78. The molecule has 122 valence electrons. The fourth-order valence-corrected chi connectivity index (χ4v) is 2.35. The van der Waals surface area contributed by atoms with Crippen molar-refractivity contribution in [3.63, 3.8) is 0 Å². The zero-order valence-electron chi connectivity index (χ0n) is 13.7. The first-order valence-electron chi connectivity index (χ1n) is 7.94. The van der Waals surface area contributed by atoms with E-state index >= 15 is 0 Å². The van der Waals surface area contributed by atoms with Crippen LogP contribution in [-0.2, 0) is 4.79 Å². The number of amides is 1. The Morgan fingerprint density at radius 2 is 1.83 bits per heavy atom. The average Bonchev–Trinajstić information content (AvgIpc) is 2.53. The van der Waals surface area contributed by atoms with Gasteiger partial charge in [0, 0.05) is 12.1 Å². The van der Waals surface area contributed by atoms with E-state index in [0.29, 0.717) is 36.8 Å². The van der Waals surface area contributed by atoms with Crippen molar-refractivity contribution in [3.05, 3.63) is 54.1 Å². The zero-order chi connectivity index (χ0) is 16.7. The van der Waals surface area contributed by atoms with Crippen molar-refractivity contribution in [1.82, 2.24) is 0 Å². The standard InChI is InChI=1S/C19H24N2O2/c1-14(2)15-8-3-5-10-17(15)21-19(22)12-7-13-23-18-11-6-4-9-16(18)20/h3-6,8-11,14H,7,12-13,20H2,1-2H3,(H,21,22). The van der Waals surface area contributed by atoms with Crippen LogP contribution in [0.5, 0.6) is 5.75 Å². The molecule has 0 spiro atoms. The molecular formula is C19H24N2O2. The van der Waals surface area contributed by atoms with Crippen LogP contribution >= 0.6 is 0 Å². The second-order valence-electron chi connectivity index (χ2n) is 5.78. The zero-order valence-corrected chi connectivity index (χ0v) is 13.7. The Morgan fingerprint density at radius 3 is 2.57 bits per heavy atom. The van der Waals surface area contributed by atoms with E-state index in [1.165, 1.54) is 0 Å². The normalized spacial score (nSPS) is 10.6. The highest BCUT2D eigenvalue weighted by Gasteiger charge is 2.09. The summed E-state index contributed by atoms with van der Waals surface area (Å²) >= 11 is 0. The number of rotatable bonds is 7. The largest absolute Gasteiger partial charge is 0.491 e. The summed E-state index contributed by atoms with van der Waals surface area (Å²) in [4.78, 5) is 12.1. The van der Waals surface area contributed by atoms with Crippen LogP contribution < -0.4 is 15.8 Å². The first-order chi connectivity index (χ1) is 11.1. The van der Waals surface area contributed by atoms with Crippen molar-refractivity contribution in [2.75, 3.05) is 17.7 Å². The number of para-hydroxylation sites is 3. The van der Waals surface area contributed by atoms with Gasteiger partial charge < -0.3 is 15.8 Å². The summed E-state index contributed by atoms with van der Waals surface area (Å²) in [6.07, 6.45) is 1.06. The molecule has 0 atom stereocenters. The fraction of sp³-hybridized carbons (Fsp3) is 0.316. The number of nitrogen functional groups attached to an aromatic ring is 1. The van der Waals surface area contributed by atoms with E-state index in [9.17, 15) is 4.79 Å². The van der Waals surface area contributed by atoms with Crippen molar-refractivity contribution in [2.24, 2.45) is 0 Å². The van der Waals surface area contributed by atoms with E-state index in [1.54, 1.807) is 6.07 Å². The molecule has 4 heteroatoms. The SMILES string of the molecule is CC(C)c1ccccc1NC(=O)CCCOc1ccccc1N. The summed E-state index contributed by atoms with van der Waals surface area (Å²) in [6.45, 7) is 4.69. The molecule has 0 bridgehead atoms. The molecule has 0 aliphatic rings. The topological polar surface area (TPSA) is 64.3 Å². The third kappa shape index (κ3) is 5.02. The molecule has 2 aromatic rings. The molecule has 3 N–H and O–H groups in total. The Balaban J connectivity index is 1.79. The van der Waals surface area contributed by atoms with E-state index in [-0.39, 0.29) is 5.91 Å². The lowest BCUT2D eigenvalue weighted by molar-refractivity contribution is -0.116. The maximum absolute atomic E-state index is 12.1. The molecule has 0 unspecified atom stereocenters. The summed E-state index contributed by atoms with van der Waals surface area (Å²) in [5, 5.41) is 2.98. The van der Waals surface area contributed by atoms with Crippen LogP contribution in [0.2, 0.25) is 0 Å². The Labute approximate surface area is 137 Å². The van der Waals surface area contributed by atoms with Crippen molar-refractivity contribution in [3.8, 4) is 5.75 Å². The summed E-state index contributed by atoms with van der Waals surface area (Å²) in [7, 11) is 0. The number of ether oxygens (including phenoxy) is 1. The number of nitrogens with one attached hydrogen (secondary N) is 1. The third-order valence-corrected chi connectivity index (χ3v) is 3.58. The maximum atomic E-state index is 12.1. The van der Waals surface area contributed by atoms with E-state index in [4.69, 9.17) is 10.5 Å². The van der Waals surface area contributed by atoms with E-state index in [0.717, 1.165) is 11.3 Å². The number of carbonyl (C=O) groups excluding carboxylic acids is 1. The number of carbonyl (C=O) groups is 1. The first kappa shape index (κ1) is 16.9. The fourth-order valence-electron chi connectivity index (χ4n) is 2.35. The van der Waals surface area contributed by atoms with Crippen LogP contribution in [0.3, 0.4) is 0 Å². The van der Waals surface area contributed by atoms with Gasteiger partial charge in [-0.05, 0) is 36.1 Å². The Morgan fingerprint density at radius 1 is 1.13 bits per heavy atom. The van der Waals surface area contributed by atoms with Gasteiger partial charge >= 0.3 is 0 Å². The number of benzene rings is 2. The van der Waals surface area contributed by atoms with Crippen LogP contribution in [0, 0.1) is 0 Å². The Hall–Kier alpha value is -2.49. The van der Waals surface area contributed by atoms with Gasteiger partial charge in [0.15, 0.2) is 0 Å². The molecule has 0 fully saturated rings. The molecule has 0 aromatic heterocycles. The molecule has 1 amide bonds. The molecule has 0 aliphatic carbocycles. The number of hydrogen-bond acceptors (Lipinski definition) is 3. The maximum Gasteiger partial charge on any atom is 0.224 e. The number of hydrogen-bond donors (Lipinski definition) is 2. The van der Waals surface area contributed by atoms with Gasteiger partial charge in [-0.15, -0.1) is 0 Å². The van der Waals surface area contributed by atoms with Crippen LogP contribution in [0.1, 0.15) is 38.2 Å². The highest BCUT2D eigenvalue weighted by atomic mass is 16.5. The molecule has 0 saturated carbocycles. The molecular weight excluding hydrogens is 288 g/mol. The quantitative estimate of drug-likeness (QED) is 0.595. The first-order valence-corrected chi connectivity index (χ1v) is 7.94. The van der Waals surface area contributed by atoms with Crippen LogP contribution in [0.4, 0.5) is 11.4 Å². The summed E-state index contributed by atoms with van der Waals surface area (Å²) in [5.41, 5.74) is 8.46.